The molecule has 0 aliphatic carbocycles. The molecule has 102 valence electrons. The van der Waals surface area contributed by atoms with Crippen molar-refractivity contribution in [3.05, 3.63) is 29.8 Å². The average molecular weight is 264 g/mol. The Kier molecular flexibility index (Phi) is 5.60. The third-order valence-electron chi connectivity index (χ3n) is 2.28. The summed E-state index contributed by atoms with van der Waals surface area (Å²) in [5, 5.41) is 8.56. The minimum Gasteiger partial charge on any atom is -0.493 e. The van der Waals surface area contributed by atoms with E-state index in [1.165, 1.54) is 13.2 Å². The Morgan fingerprint density at radius 3 is 2.63 bits per heavy atom. The number of carboxylic acids is 1. The highest BCUT2D eigenvalue weighted by molar-refractivity contribution is 5.85. The molecule has 0 atom stereocenters. The topological polar surface area (TPSA) is 72.8 Å². The van der Waals surface area contributed by atoms with Crippen molar-refractivity contribution in [1.29, 1.82) is 0 Å². The van der Waals surface area contributed by atoms with Crippen molar-refractivity contribution in [2.75, 3.05) is 7.11 Å². The summed E-state index contributed by atoms with van der Waals surface area (Å²) in [6, 6.07) is 4.86. The van der Waals surface area contributed by atoms with Gasteiger partial charge in [-0.2, -0.15) is 0 Å². The van der Waals surface area contributed by atoms with Gasteiger partial charge in [-0.25, -0.2) is 4.79 Å². The first-order valence-electron chi connectivity index (χ1n) is 5.86. The second-order valence-electron chi connectivity index (χ2n) is 3.81. The molecule has 0 unspecified atom stereocenters. The van der Waals surface area contributed by atoms with Crippen molar-refractivity contribution in [3.8, 4) is 11.5 Å². The van der Waals surface area contributed by atoms with E-state index in [9.17, 15) is 9.59 Å². The Balaban J connectivity index is 2.95. The van der Waals surface area contributed by atoms with E-state index in [0.717, 1.165) is 6.08 Å². The highest BCUT2D eigenvalue weighted by Gasteiger charge is 2.09. The van der Waals surface area contributed by atoms with Crippen LogP contribution in [0.15, 0.2) is 24.3 Å². The van der Waals surface area contributed by atoms with Crippen molar-refractivity contribution in [1.82, 2.24) is 0 Å². The summed E-state index contributed by atoms with van der Waals surface area (Å²) in [6.07, 6.45) is 3.44. The molecule has 1 aromatic carbocycles. The molecule has 0 aliphatic heterocycles. The zero-order chi connectivity index (χ0) is 14.3. The Morgan fingerprint density at radius 2 is 2.05 bits per heavy atom. The Bertz CT molecular complexity index is 491. The van der Waals surface area contributed by atoms with E-state index < -0.39 is 5.97 Å². The maximum Gasteiger partial charge on any atom is 0.328 e. The third-order valence-corrected chi connectivity index (χ3v) is 2.28. The fourth-order valence-corrected chi connectivity index (χ4v) is 1.42. The zero-order valence-corrected chi connectivity index (χ0v) is 10.9. The van der Waals surface area contributed by atoms with Crippen LogP contribution in [0.1, 0.15) is 25.3 Å². The zero-order valence-electron chi connectivity index (χ0n) is 10.9. The number of hydrogen-bond donors (Lipinski definition) is 1. The molecule has 0 radical (unpaired) electrons. The molecule has 0 saturated carbocycles. The number of carbonyl (C=O) groups excluding carboxylic acids is 1. The third kappa shape index (κ3) is 4.83. The fourth-order valence-electron chi connectivity index (χ4n) is 1.42. The SMILES string of the molecule is CCCC(=O)Oc1cc(/C=C/C(=O)O)ccc1OC. The molecule has 5 heteroatoms. The lowest BCUT2D eigenvalue weighted by Crippen LogP contribution is -2.08. The number of esters is 1. The number of rotatable bonds is 6. The largest absolute Gasteiger partial charge is 0.493 e. The monoisotopic (exact) mass is 264 g/mol. The van der Waals surface area contributed by atoms with E-state index in [1.54, 1.807) is 18.2 Å². The number of methoxy groups -OCH3 is 1. The van der Waals surface area contributed by atoms with Crippen LogP contribution in [0.4, 0.5) is 0 Å². The number of aliphatic carboxylic acids is 1. The van der Waals surface area contributed by atoms with Gasteiger partial charge in [0.1, 0.15) is 0 Å². The molecule has 0 aliphatic rings. The van der Waals surface area contributed by atoms with Crippen LogP contribution in [-0.4, -0.2) is 24.2 Å². The lowest BCUT2D eigenvalue weighted by molar-refractivity contribution is -0.134. The Hall–Kier alpha value is -2.30. The minimum absolute atomic E-state index is 0.286. The van der Waals surface area contributed by atoms with Crippen LogP contribution in [-0.2, 0) is 9.59 Å². The number of carboxylic acid groups (broad SMARTS) is 1. The molecule has 0 heterocycles. The normalized spacial score (nSPS) is 10.4. The van der Waals surface area contributed by atoms with Gasteiger partial charge in [-0.1, -0.05) is 13.0 Å². The van der Waals surface area contributed by atoms with Crippen LogP contribution in [0.25, 0.3) is 6.08 Å². The fraction of sp³-hybridized carbons (Fsp3) is 0.286. The molecular formula is C14H16O5. The minimum atomic E-state index is -1.04. The first kappa shape index (κ1) is 14.8. The van der Waals surface area contributed by atoms with Crippen molar-refractivity contribution in [2.45, 2.75) is 19.8 Å². The molecular weight excluding hydrogens is 248 g/mol. The molecule has 5 nitrogen and oxygen atoms in total. The molecule has 0 saturated heterocycles. The van der Waals surface area contributed by atoms with Gasteiger partial charge in [0.15, 0.2) is 11.5 Å². The molecule has 1 aromatic rings. The number of benzene rings is 1. The number of carbonyl (C=O) groups is 2. The average Bonchev–Trinajstić information content (AvgIpc) is 2.36. The van der Waals surface area contributed by atoms with Crippen LogP contribution in [0.3, 0.4) is 0 Å². The maximum atomic E-state index is 11.5. The van der Waals surface area contributed by atoms with E-state index in [0.29, 0.717) is 24.2 Å². The van der Waals surface area contributed by atoms with Crippen LogP contribution in [0, 0.1) is 0 Å². The van der Waals surface area contributed by atoms with E-state index >= 15 is 0 Å². The molecule has 1 N–H and O–H groups in total. The lowest BCUT2D eigenvalue weighted by atomic mass is 10.2. The Morgan fingerprint density at radius 1 is 1.32 bits per heavy atom. The molecule has 0 bridgehead atoms. The van der Waals surface area contributed by atoms with Gasteiger partial charge < -0.3 is 14.6 Å². The van der Waals surface area contributed by atoms with E-state index in [1.807, 2.05) is 6.92 Å². The Labute approximate surface area is 111 Å². The van der Waals surface area contributed by atoms with Crippen LogP contribution in [0.2, 0.25) is 0 Å². The first-order chi connectivity index (χ1) is 9.06. The van der Waals surface area contributed by atoms with E-state index in [-0.39, 0.29) is 11.7 Å². The van der Waals surface area contributed by atoms with Gasteiger partial charge in [0.25, 0.3) is 0 Å². The van der Waals surface area contributed by atoms with Crippen molar-refractivity contribution >= 4 is 18.0 Å². The summed E-state index contributed by atoms with van der Waals surface area (Å²) in [6.45, 7) is 1.88. The van der Waals surface area contributed by atoms with E-state index in [2.05, 4.69) is 0 Å². The predicted molar refractivity (Wildman–Crippen MR) is 70.2 cm³/mol. The predicted octanol–water partition coefficient (Wildman–Crippen LogP) is 2.50. The lowest BCUT2D eigenvalue weighted by Gasteiger charge is -2.09. The van der Waals surface area contributed by atoms with Crippen molar-refractivity contribution < 1.29 is 24.2 Å². The van der Waals surface area contributed by atoms with E-state index in [4.69, 9.17) is 14.6 Å². The smallest absolute Gasteiger partial charge is 0.328 e. The molecule has 19 heavy (non-hydrogen) atoms. The molecule has 0 fully saturated rings. The van der Waals surface area contributed by atoms with Gasteiger partial charge >= 0.3 is 11.9 Å². The quantitative estimate of drug-likeness (QED) is 0.485. The second-order valence-corrected chi connectivity index (χ2v) is 3.81. The molecule has 0 aromatic heterocycles. The number of ether oxygens (including phenoxy) is 2. The van der Waals surface area contributed by atoms with Gasteiger partial charge in [0.05, 0.1) is 7.11 Å². The van der Waals surface area contributed by atoms with Crippen molar-refractivity contribution in [3.63, 3.8) is 0 Å². The summed E-state index contributed by atoms with van der Waals surface area (Å²) < 4.78 is 10.3. The van der Waals surface area contributed by atoms with Crippen LogP contribution < -0.4 is 9.47 Å². The van der Waals surface area contributed by atoms with Gasteiger partial charge in [-0.3, -0.25) is 4.79 Å². The molecule has 0 spiro atoms. The second kappa shape index (κ2) is 7.20. The van der Waals surface area contributed by atoms with Crippen LogP contribution in [0.5, 0.6) is 11.5 Å². The highest BCUT2D eigenvalue weighted by atomic mass is 16.6. The first-order valence-corrected chi connectivity index (χ1v) is 5.86. The van der Waals surface area contributed by atoms with Gasteiger partial charge in [-0.05, 0) is 30.2 Å². The molecule has 1 rings (SSSR count). The van der Waals surface area contributed by atoms with Crippen molar-refractivity contribution in [2.24, 2.45) is 0 Å². The summed E-state index contributed by atoms with van der Waals surface area (Å²) >= 11 is 0. The maximum absolute atomic E-state index is 11.5. The summed E-state index contributed by atoms with van der Waals surface area (Å²) in [5.74, 6) is -0.675. The standard InChI is InChI=1S/C14H16O5/c1-3-4-14(17)19-12-9-10(6-8-13(15)16)5-7-11(12)18-2/h5-9H,3-4H2,1-2H3,(H,15,16)/b8-6+. The number of hydrogen-bond acceptors (Lipinski definition) is 4. The highest BCUT2D eigenvalue weighted by Crippen LogP contribution is 2.29. The summed E-state index contributed by atoms with van der Waals surface area (Å²) in [4.78, 5) is 21.9. The van der Waals surface area contributed by atoms with Crippen LogP contribution >= 0.6 is 0 Å². The summed E-state index contributed by atoms with van der Waals surface area (Å²) in [7, 11) is 1.47. The van der Waals surface area contributed by atoms with Gasteiger partial charge in [0, 0.05) is 12.5 Å². The van der Waals surface area contributed by atoms with Gasteiger partial charge in [-0.15, -0.1) is 0 Å². The summed E-state index contributed by atoms with van der Waals surface area (Å²) in [5.41, 5.74) is 0.613. The molecule has 0 amide bonds. The van der Waals surface area contributed by atoms with Gasteiger partial charge in [0.2, 0.25) is 0 Å².